The minimum Gasteiger partial charge on any atom is -0.488 e. The van der Waals surface area contributed by atoms with Crippen LogP contribution in [0.15, 0.2) is 82.8 Å². The number of esters is 1. The summed E-state index contributed by atoms with van der Waals surface area (Å²) < 4.78 is 11.5. The molecule has 0 aliphatic heterocycles. The van der Waals surface area contributed by atoms with E-state index in [0.29, 0.717) is 29.2 Å². The van der Waals surface area contributed by atoms with Gasteiger partial charge in [0.1, 0.15) is 24.0 Å². The van der Waals surface area contributed by atoms with Crippen LogP contribution in [-0.2, 0) is 16.1 Å². The maximum atomic E-state index is 12.6. The highest BCUT2D eigenvalue weighted by Gasteiger charge is 2.12. The zero-order valence-electron chi connectivity index (χ0n) is 17.2. The van der Waals surface area contributed by atoms with Gasteiger partial charge in [-0.05, 0) is 42.5 Å². The summed E-state index contributed by atoms with van der Waals surface area (Å²) in [7, 11) is 1.29. The Balaban J connectivity index is 1.76. The molecule has 0 aromatic heterocycles. The van der Waals surface area contributed by atoms with E-state index in [2.05, 4.69) is 26.0 Å². The molecule has 0 bridgehead atoms. The van der Waals surface area contributed by atoms with E-state index in [9.17, 15) is 14.9 Å². The first kappa shape index (κ1) is 22.8. The van der Waals surface area contributed by atoms with Gasteiger partial charge in [0.25, 0.3) is 5.91 Å². The van der Waals surface area contributed by atoms with Crippen molar-refractivity contribution in [2.75, 3.05) is 12.4 Å². The fourth-order valence-corrected chi connectivity index (χ4v) is 3.21. The molecule has 3 aromatic rings. The highest BCUT2D eigenvalue weighted by molar-refractivity contribution is 9.10. The Kier molecular flexibility index (Phi) is 7.79. The van der Waals surface area contributed by atoms with E-state index in [1.54, 1.807) is 30.3 Å². The lowest BCUT2D eigenvalue weighted by atomic mass is 10.1. The normalized spacial score (nSPS) is 10.7. The molecule has 3 rings (SSSR count). The number of carbonyl (C=O) groups excluding carboxylic acids is 2. The van der Waals surface area contributed by atoms with Gasteiger partial charge in [-0.1, -0.05) is 52.3 Å². The molecule has 0 aliphatic carbocycles. The lowest BCUT2D eigenvalue weighted by molar-refractivity contribution is -0.112. The molecule has 7 heteroatoms. The Morgan fingerprint density at radius 3 is 2.41 bits per heavy atom. The summed E-state index contributed by atoms with van der Waals surface area (Å²) in [6, 6.07) is 23.0. The zero-order valence-corrected chi connectivity index (χ0v) is 18.8. The Bertz CT molecular complexity index is 1200. The minimum atomic E-state index is -0.570. The topological polar surface area (TPSA) is 88.4 Å². The van der Waals surface area contributed by atoms with Crippen LogP contribution in [0.5, 0.6) is 5.75 Å². The van der Waals surface area contributed by atoms with Crippen LogP contribution in [0, 0.1) is 11.3 Å². The predicted octanol–water partition coefficient (Wildman–Crippen LogP) is 5.36. The summed E-state index contributed by atoms with van der Waals surface area (Å²) in [5.74, 6) is -0.496. The molecular formula is C25H19BrN2O4. The summed E-state index contributed by atoms with van der Waals surface area (Å²) in [4.78, 5) is 24.1. The summed E-state index contributed by atoms with van der Waals surface area (Å²) in [5.41, 5.74) is 2.30. The van der Waals surface area contributed by atoms with Gasteiger partial charge in [0, 0.05) is 21.3 Å². The third-order valence-corrected chi connectivity index (χ3v) is 5.26. The molecule has 6 nitrogen and oxygen atoms in total. The number of hydrogen-bond donors (Lipinski definition) is 1. The number of halogens is 1. The number of anilines is 1. The van der Waals surface area contributed by atoms with Crippen LogP contribution in [0.1, 0.15) is 21.5 Å². The van der Waals surface area contributed by atoms with Crippen LogP contribution < -0.4 is 10.1 Å². The maximum Gasteiger partial charge on any atom is 0.337 e. The molecule has 0 spiro atoms. The van der Waals surface area contributed by atoms with Crippen LogP contribution in [0.25, 0.3) is 6.08 Å². The predicted molar refractivity (Wildman–Crippen MR) is 125 cm³/mol. The average molecular weight is 491 g/mol. The first-order valence-corrected chi connectivity index (χ1v) is 10.4. The third-order valence-electron chi connectivity index (χ3n) is 4.49. The summed E-state index contributed by atoms with van der Waals surface area (Å²) >= 11 is 3.49. The maximum absolute atomic E-state index is 12.6. The number of nitrogens with zero attached hydrogens (tertiary/aromatic N) is 1. The van der Waals surface area contributed by atoms with Crippen LogP contribution in [-0.4, -0.2) is 19.0 Å². The lowest BCUT2D eigenvalue weighted by Crippen LogP contribution is -2.13. The number of methoxy groups -OCH3 is 1. The number of nitrogens with one attached hydrogen (secondary N) is 1. The average Bonchev–Trinajstić information content (AvgIpc) is 2.82. The molecule has 0 aliphatic rings. The summed E-state index contributed by atoms with van der Waals surface area (Å²) in [5, 5.41) is 12.2. The number of para-hydroxylation sites is 1. The van der Waals surface area contributed by atoms with Gasteiger partial charge in [-0.2, -0.15) is 5.26 Å². The third kappa shape index (κ3) is 5.84. The fourth-order valence-electron chi connectivity index (χ4n) is 2.81. The standard InChI is InChI=1S/C25H19BrN2O4/c1-31-25(30)17-10-12-21(13-11-17)28-24(29)20(15-27)14-18-6-3-5-9-23(18)32-16-19-7-2-4-8-22(19)26/h2-14H,16H2,1H3,(H,28,29)/b20-14+. The van der Waals surface area contributed by atoms with Crippen LogP contribution in [0.4, 0.5) is 5.69 Å². The summed E-state index contributed by atoms with van der Waals surface area (Å²) in [6.45, 7) is 0.326. The molecule has 0 heterocycles. The second-order valence-electron chi connectivity index (χ2n) is 6.61. The van der Waals surface area contributed by atoms with Crippen LogP contribution in [0.2, 0.25) is 0 Å². The quantitative estimate of drug-likeness (QED) is 0.273. The monoisotopic (exact) mass is 490 g/mol. The van der Waals surface area contributed by atoms with Crippen LogP contribution >= 0.6 is 15.9 Å². The SMILES string of the molecule is COC(=O)c1ccc(NC(=O)/C(C#N)=C/c2ccccc2OCc2ccccc2Br)cc1. The number of amides is 1. The highest BCUT2D eigenvalue weighted by Crippen LogP contribution is 2.24. The Hall–Kier alpha value is -3.89. The van der Waals surface area contributed by atoms with E-state index in [1.807, 2.05) is 36.4 Å². The van der Waals surface area contributed by atoms with Crippen molar-refractivity contribution in [3.63, 3.8) is 0 Å². The van der Waals surface area contributed by atoms with Crippen molar-refractivity contribution >= 4 is 39.6 Å². The minimum absolute atomic E-state index is 0.0843. The zero-order chi connectivity index (χ0) is 22.9. The second kappa shape index (κ2) is 10.9. The van der Waals surface area contributed by atoms with Gasteiger partial charge in [0.05, 0.1) is 12.7 Å². The van der Waals surface area contributed by atoms with E-state index in [-0.39, 0.29) is 5.57 Å². The Labute approximate surface area is 194 Å². The van der Waals surface area contributed by atoms with Gasteiger partial charge in [0.15, 0.2) is 0 Å². The smallest absolute Gasteiger partial charge is 0.337 e. The van der Waals surface area contributed by atoms with Gasteiger partial charge in [-0.3, -0.25) is 4.79 Å². The first-order chi connectivity index (χ1) is 15.5. The summed E-state index contributed by atoms with van der Waals surface area (Å²) in [6.07, 6.45) is 1.48. The molecule has 0 fully saturated rings. The van der Waals surface area contributed by atoms with Gasteiger partial charge in [0.2, 0.25) is 0 Å². The van der Waals surface area contributed by atoms with Crippen molar-refractivity contribution in [2.45, 2.75) is 6.61 Å². The van der Waals surface area contributed by atoms with Gasteiger partial charge in [-0.25, -0.2) is 4.79 Å². The Morgan fingerprint density at radius 1 is 1.03 bits per heavy atom. The molecule has 1 amide bonds. The van der Waals surface area contributed by atoms with E-state index in [4.69, 9.17) is 4.74 Å². The van der Waals surface area contributed by atoms with E-state index >= 15 is 0 Å². The van der Waals surface area contributed by atoms with E-state index in [0.717, 1.165) is 10.0 Å². The number of nitriles is 1. The number of carbonyl (C=O) groups is 2. The number of rotatable bonds is 7. The van der Waals surface area contributed by atoms with E-state index < -0.39 is 11.9 Å². The molecule has 1 N–H and O–H groups in total. The van der Waals surface area contributed by atoms with Crippen molar-refractivity contribution < 1.29 is 19.1 Å². The van der Waals surface area contributed by atoms with Gasteiger partial charge in [-0.15, -0.1) is 0 Å². The number of hydrogen-bond acceptors (Lipinski definition) is 5. The molecule has 160 valence electrons. The highest BCUT2D eigenvalue weighted by atomic mass is 79.9. The first-order valence-electron chi connectivity index (χ1n) is 9.58. The van der Waals surface area contributed by atoms with Crippen molar-refractivity contribution in [3.05, 3.63) is 99.5 Å². The van der Waals surface area contributed by atoms with Crippen molar-refractivity contribution in [2.24, 2.45) is 0 Å². The van der Waals surface area contributed by atoms with Crippen molar-refractivity contribution in [1.29, 1.82) is 5.26 Å². The van der Waals surface area contributed by atoms with Gasteiger partial charge < -0.3 is 14.8 Å². The molecule has 0 radical (unpaired) electrons. The van der Waals surface area contributed by atoms with E-state index in [1.165, 1.54) is 25.3 Å². The number of benzene rings is 3. The molecule has 0 saturated carbocycles. The van der Waals surface area contributed by atoms with Crippen molar-refractivity contribution in [1.82, 2.24) is 0 Å². The fraction of sp³-hybridized carbons (Fsp3) is 0.0800. The Morgan fingerprint density at radius 2 is 1.72 bits per heavy atom. The lowest BCUT2D eigenvalue weighted by Gasteiger charge is -2.11. The largest absolute Gasteiger partial charge is 0.488 e. The van der Waals surface area contributed by atoms with Crippen LogP contribution in [0.3, 0.4) is 0 Å². The molecule has 0 unspecified atom stereocenters. The molecule has 0 atom stereocenters. The number of ether oxygens (including phenoxy) is 2. The molecule has 0 saturated heterocycles. The molecule has 3 aromatic carbocycles. The second-order valence-corrected chi connectivity index (χ2v) is 7.47. The molecule has 32 heavy (non-hydrogen) atoms. The van der Waals surface area contributed by atoms with Gasteiger partial charge >= 0.3 is 5.97 Å². The molecular weight excluding hydrogens is 472 g/mol. The van der Waals surface area contributed by atoms with Crippen molar-refractivity contribution in [3.8, 4) is 11.8 Å².